The van der Waals surface area contributed by atoms with Crippen LogP contribution in [0.1, 0.15) is 29.7 Å². The summed E-state index contributed by atoms with van der Waals surface area (Å²) in [5, 5.41) is 0.927. The first-order chi connectivity index (χ1) is 12.7. The lowest BCUT2D eigenvalue weighted by Crippen LogP contribution is -2.41. The van der Waals surface area contributed by atoms with Gasteiger partial charge in [0.25, 0.3) is 0 Å². The minimum Gasteiger partial charge on any atom is -0.358 e. The van der Waals surface area contributed by atoms with Crippen LogP contribution in [0.4, 0.5) is 10.1 Å². The minimum absolute atomic E-state index is 0.0316. The van der Waals surface area contributed by atoms with E-state index in [1.807, 2.05) is 17.0 Å². The fourth-order valence-electron chi connectivity index (χ4n) is 4.58. The van der Waals surface area contributed by atoms with Gasteiger partial charge in [-0.25, -0.2) is 4.39 Å². The van der Waals surface area contributed by atoms with Crippen molar-refractivity contribution in [1.82, 2.24) is 4.98 Å². The van der Waals surface area contributed by atoms with E-state index in [-0.39, 0.29) is 17.6 Å². The molecule has 1 unspecified atom stereocenters. The largest absolute Gasteiger partial charge is 0.358 e. The standard InChI is InChI=1S/C22H21FN2O/c23-16-8-10-20-18(13-16)17-12-15(7-9-19(17)24-20)22(26)25-11-3-5-14-4-1-2-6-21(14)25/h1-2,4,6,8,10,13,15,24H,3,5,7,9,11-12H2. The summed E-state index contributed by atoms with van der Waals surface area (Å²) < 4.78 is 13.7. The first kappa shape index (κ1) is 15.6. The Morgan fingerprint density at radius 2 is 2.04 bits per heavy atom. The number of aromatic nitrogens is 1. The van der Waals surface area contributed by atoms with Gasteiger partial charge in [0.2, 0.25) is 5.91 Å². The van der Waals surface area contributed by atoms with Gasteiger partial charge in [-0.15, -0.1) is 0 Å². The number of halogens is 1. The minimum atomic E-state index is -0.224. The molecule has 3 aromatic rings. The van der Waals surface area contributed by atoms with E-state index in [1.165, 1.54) is 11.6 Å². The number of fused-ring (bicyclic) bond motifs is 4. The topological polar surface area (TPSA) is 36.1 Å². The van der Waals surface area contributed by atoms with Crippen molar-refractivity contribution in [1.29, 1.82) is 0 Å². The summed E-state index contributed by atoms with van der Waals surface area (Å²) in [6.45, 7) is 0.793. The molecule has 5 rings (SSSR count). The molecule has 3 nitrogen and oxygen atoms in total. The zero-order valence-electron chi connectivity index (χ0n) is 14.6. The number of rotatable bonds is 1. The normalized spacial score (nSPS) is 19.3. The lowest BCUT2D eigenvalue weighted by atomic mass is 9.85. The fourth-order valence-corrected chi connectivity index (χ4v) is 4.58. The number of carbonyl (C=O) groups is 1. The number of aromatic amines is 1. The van der Waals surface area contributed by atoms with Gasteiger partial charge < -0.3 is 9.88 Å². The van der Waals surface area contributed by atoms with E-state index < -0.39 is 0 Å². The molecule has 26 heavy (non-hydrogen) atoms. The van der Waals surface area contributed by atoms with Crippen LogP contribution >= 0.6 is 0 Å². The van der Waals surface area contributed by atoms with Gasteiger partial charge in [-0.2, -0.15) is 0 Å². The summed E-state index contributed by atoms with van der Waals surface area (Å²) in [6, 6.07) is 13.1. The van der Waals surface area contributed by atoms with Crippen molar-refractivity contribution in [2.75, 3.05) is 11.4 Å². The number of para-hydroxylation sites is 1. The zero-order valence-corrected chi connectivity index (χ0v) is 14.6. The number of anilines is 1. The SMILES string of the molecule is O=C(C1CCc2[nH]c3ccc(F)cc3c2C1)N1CCCc2ccccc21. The average Bonchev–Trinajstić information content (AvgIpc) is 3.04. The van der Waals surface area contributed by atoms with Crippen molar-refractivity contribution in [3.05, 3.63) is 65.1 Å². The molecular formula is C22H21FN2O. The molecule has 1 atom stereocenters. The van der Waals surface area contributed by atoms with Crippen LogP contribution in [0.5, 0.6) is 0 Å². The molecule has 0 spiro atoms. The van der Waals surface area contributed by atoms with Crippen molar-refractivity contribution < 1.29 is 9.18 Å². The second kappa shape index (κ2) is 5.97. The molecule has 132 valence electrons. The number of aryl methyl sites for hydroxylation is 2. The summed E-state index contributed by atoms with van der Waals surface area (Å²) in [6.07, 6.45) is 4.43. The predicted octanol–water partition coefficient (Wildman–Crippen LogP) is 4.39. The summed E-state index contributed by atoms with van der Waals surface area (Å²) in [5.41, 5.74) is 5.58. The molecule has 0 radical (unpaired) electrons. The maximum atomic E-state index is 13.7. The monoisotopic (exact) mass is 348 g/mol. The van der Waals surface area contributed by atoms with E-state index in [0.29, 0.717) is 6.42 Å². The van der Waals surface area contributed by atoms with Gasteiger partial charge in [0.1, 0.15) is 5.82 Å². The molecule has 1 amide bonds. The summed E-state index contributed by atoms with van der Waals surface area (Å²) in [5.74, 6) is -0.0396. The molecule has 1 aromatic heterocycles. The fraction of sp³-hybridized carbons (Fsp3) is 0.318. The lowest BCUT2D eigenvalue weighted by Gasteiger charge is -2.33. The van der Waals surface area contributed by atoms with Gasteiger partial charge >= 0.3 is 0 Å². The highest BCUT2D eigenvalue weighted by Crippen LogP contribution is 2.35. The van der Waals surface area contributed by atoms with Crippen molar-refractivity contribution in [2.45, 2.75) is 32.1 Å². The quantitative estimate of drug-likeness (QED) is 0.695. The summed E-state index contributed by atoms with van der Waals surface area (Å²) in [7, 11) is 0. The third-order valence-electron chi connectivity index (χ3n) is 5.88. The van der Waals surface area contributed by atoms with Crippen LogP contribution in [0.3, 0.4) is 0 Å². The number of benzene rings is 2. The Hall–Kier alpha value is -2.62. The Labute approximate surface area is 151 Å². The Kier molecular flexibility index (Phi) is 3.59. The Balaban J connectivity index is 1.47. The highest BCUT2D eigenvalue weighted by Gasteiger charge is 2.32. The summed E-state index contributed by atoms with van der Waals surface area (Å²) in [4.78, 5) is 18.7. The van der Waals surface area contributed by atoms with Gasteiger partial charge in [0.05, 0.1) is 0 Å². The number of nitrogens with zero attached hydrogens (tertiary/aromatic N) is 1. The van der Waals surface area contributed by atoms with Crippen LogP contribution in [0.25, 0.3) is 10.9 Å². The number of nitrogens with one attached hydrogen (secondary N) is 1. The van der Waals surface area contributed by atoms with E-state index in [1.54, 1.807) is 12.1 Å². The van der Waals surface area contributed by atoms with Crippen LogP contribution in [0.15, 0.2) is 42.5 Å². The second-order valence-corrected chi connectivity index (χ2v) is 7.43. The van der Waals surface area contributed by atoms with Crippen LogP contribution < -0.4 is 4.90 Å². The van der Waals surface area contributed by atoms with Crippen molar-refractivity contribution in [3.8, 4) is 0 Å². The maximum absolute atomic E-state index is 13.7. The molecule has 4 heteroatoms. The van der Waals surface area contributed by atoms with Crippen LogP contribution in [-0.4, -0.2) is 17.4 Å². The molecule has 0 saturated heterocycles. The van der Waals surface area contributed by atoms with E-state index in [0.717, 1.165) is 60.1 Å². The first-order valence-electron chi connectivity index (χ1n) is 9.39. The molecule has 0 fully saturated rings. The van der Waals surface area contributed by atoms with Gasteiger partial charge in [0.15, 0.2) is 0 Å². The number of carbonyl (C=O) groups excluding carboxylic acids is 1. The Bertz CT molecular complexity index is 1010. The van der Waals surface area contributed by atoms with E-state index in [9.17, 15) is 9.18 Å². The molecule has 0 saturated carbocycles. The molecule has 2 heterocycles. The zero-order chi connectivity index (χ0) is 17.7. The van der Waals surface area contributed by atoms with Crippen molar-refractivity contribution >= 4 is 22.5 Å². The Morgan fingerprint density at radius 1 is 1.15 bits per heavy atom. The molecular weight excluding hydrogens is 327 g/mol. The van der Waals surface area contributed by atoms with Gasteiger partial charge in [-0.1, -0.05) is 18.2 Å². The van der Waals surface area contributed by atoms with Crippen molar-refractivity contribution in [2.24, 2.45) is 5.92 Å². The number of hydrogen-bond acceptors (Lipinski definition) is 1. The smallest absolute Gasteiger partial charge is 0.230 e. The van der Waals surface area contributed by atoms with Gasteiger partial charge in [-0.3, -0.25) is 4.79 Å². The highest BCUT2D eigenvalue weighted by atomic mass is 19.1. The third-order valence-corrected chi connectivity index (χ3v) is 5.88. The van der Waals surface area contributed by atoms with E-state index in [2.05, 4.69) is 17.1 Å². The van der Waals surface area contributed by atoms with Gasteiger partial charge in [0, 0.05) is 34.7 Å². The number of hydrogen-bond donors (Lipinski definition) is 1. The van der Waals surface area contributed by atoms with Gasteiger partial charge in [-0.05, 0) is 67.5 Å². The molecule has 2 aliphatic rings. The molecule has 1 N–H and O–H groups in total. The van der Waals surface area contributed by atoms with Crippen LogP contribution in [0, 0.1) is 11.7 Å². The summed E-state index contributed by atoms with van der Waals surface area (Å²) >= 11 is 0. The molecule has 0 bridgehead atoms. The number of amides is 1. The molecule has 1 aliphatic carbocycles. The predicted molar refractivity (Wildman–Crippen MR) is 101 cm³/mol. The highest BCUT2D eigenvalue weighted by molar-refractivity contribution is 5.97. The van der Waals surface area contributed by atoms with E-state index >= 15 is 0 Å². The van der Waals surface area contributed by atoms with Crippen molar-refractivity contribution in [3.63, 3.8) is 0 Å². The van der Waals surface area contributed by atoms with Crippen LogP contribution in [-0.2, 0) is 24.1 Å². The average molecular weight is 348 g/mol. The molecule has 2 aromatic carbocycles. The first-order valence-corrected chi connectivity index (χ1v) is 9.39. The van der Waals surface area contributed by atoms with Crippen LogP contribution in [0.2, 0.25) is 0 Å². The molecule has 1 aliphatic heterocycles. The lowest BCUT2D eigenvalue weighted by molar-refractivity contribution is -0.122. The third kappa shape index (κ3) is 2.44. The Morgan fingerprint density at radius 3 is 2.96 bits per heavy atom. The number of H-pyrrole nitrogens is 1. The maximum Gasteiger partial charge on any atom is 0.230 e. The van der Waals surface area contributed by atoms with E-state index in [4.69, 9.17) is 0 Å². The second-order valence-electron chi connectivity index (χ2n) is 7.43.